The highest BCUT2D eigenvalue weighted by molar-refractivity contribution is 5.79. The van der Waals surface area contributed by atoms with Gasteiger partial charge in [0.1, 0.15) is 5.76 Å². The molecule has 1 unspecified atom stereocenters. The second-order valence-corrected chi connectivity index (χ2v) is 6.80. The van der Waals surface area contributed by atoms with Gasteiger partial charge in [-0.25, -0.2) is 0 Å². The highest BCUT2D eigenvalue weighted by atomic mass is 16.5. The molecular formula is C17H24N4O3. The Kier molecular flexibility index (Phi) is 4.69. The van der Waals surface area contributed by atoms with Gasteiger partial charge >= 0.3 is 0 Å². The van der Waals surface area contributed by atoms with E-state index in [0.29, 0.717) is 30.4 Å². The number of piperidine rings is 1. The maximum absolute atomic E-state index is 12.7. The van der Waals surface area contributed by atoms with Gasteiger partial charge in [0, 0.05) is 30.5 Å². The largest absolute Gasteiger partial charge is 0.361 e. The molecule has 0 saturated carbocycles. The first-order valence-electron chi connectivity index (χ1n) is 8.48. The van der Waals surface area contributed by atoms with Gasteiger partial charge in [-0.15, -0.1) is 0 Å². The van der Waals surface area contributed by atoms with E-state index >= 15 is 0 Å². The van der Waals surface area contributed by atoms with Gasteiger partial charge in [-0.3, -0.25) is 4.79 Å². The number of hydrogen-bond donors (Lipinski definition) is 0. The summed E-state index contributed by atoms with van der Waals surface area (Å²) in [5, 5.41) is 8.03. The lowest BCUT2D eigenvalue weighted by molar-refractivity contribution is -0.131. The Labute approximate surface area is 141 Å². The molecule has 1 fully saturated rings. The second kappa shape index (κ2) is 6.75. The zero-order chi connectivity index (χ0) is 17.3. The molecule has 0 bridgehead atoms. The summed E-state index contributed by atoms with van der Waals surface area (Å²) in [5.41, 5.74) is 1.68. The summed E-state index contributed by atoms with van der Waals surface area (Å²) in [6, 6.07) is 0. The first-order chi connectivity index (χ1) is 11.5. The molecule has 1 atom stereocenters. The molecular weight excluding hydrogens is 308 g/mol. The number of carbonyl (C=O) groups is 1. The topological polar surface area (TPSA) is 85.3 Å². The van der Waals surface area contributed by atoms with E-state index in [4.69, 9.17) is 9.05 Å². The highest BCUT2D eigenvalue weighted by Crippen LogP contribution is 2.27. The summed E-state index contributed by atoms with van der Waals surface area (Å²) in [6.45, 7) is 9.17. The molecule has 0 aliphatic carbocycles. The molecule has 3 heterocycles. The van der Waals surface area contributed by atoms with Crippen LogP contribution in [-0.2, 0) is 11.2 Å². The number of aromatic nitrogens is 3. The lowest BCUT2D eigenvalue weighted by Gasteiger charge is -2.31. The average molecular weight is 332 g/mol. The summed E-state index contributed by atoms with van der Waals surface area (Å²) in [7, 11) is 0. The van der Waals surface area contributed by atoms with Crippen LogP contribution in [0.15, 0.2) is 9.05 Å². The van der Waals surface area contributed by atoms with Gasteiger partial charge < -0.3 is 13.9 Å². The number of rotatable bonds is 4. The van der Waals surface area contributed by atoms with Crippen molar-refractivity contribution in [1.82, 2.24) is 20.2 Å². The van der Waals surface area contributed by atoms with E-state index in [1.807, 2.05) is 32.6 Å². The summed E-state index contributed by atoms with van der Waals surface area (Å²) < 4.78 is 10.5. The fraction of sp³-hybridized carbons (Fsp3) is 0.647. The van der Waals surface area contributed by atoms with E-state index in [9.17, 15) is 4.79 Å². The lowest BCUT2D eigenvalue weighted by atomic mass is 9.96. The standard InChI is InChI=1S/C17H24N4O3/c1-10(2)17-18-16(20-24-17)13-6-5-7-21(9-13)15(22)8-14-11(3)19-23-12(14)4/h10,13H,5-9H2,1-4H3. The van der Waals surface area contributed by atoms with Crippen LogP contribution in [0.5, 0.6) is 0 Å². The van der Waals surface area contributed by atoms with Crippen molar-refractivity contribution in [2.45, 2.75) is 58.8 Å². The Morgan fingerprint density at radius 2 is 2.08 bits per heavy atom. The summed E-state index contributed by atoms with van der Waals surface area (Å²) in [5.74, 6) is 2.55. The van der Waals surface area contributed by atoms with Crippen molar-refractivity contribution in [3.63, 3.8) is 0 Å². The predicted octanol–water partition coefficient (Wildman–Crippen LogP) is 2.75. The molecule has 1 saturated heterocycles. The second-order valence-electron chi connectivity index (χ2n) is 6.80. The Morgan fingerprint density at radius 1 is 1.29 bits per heavy atom. The van der Waals surface area contributed by atoms with Gasteiger partial charge in [0.05, 0.1) is 12.1 Å². The van der Waals surface area contributed by atoms with E-state index in [1.54, 1.807) is 0 Å². The first-order valence-corrected chi connectivity index (χ1v) is 8.48. The number of nitrogens with zero attached hydrogens (tertiary/aromatic N) is 4. The van der Waals surface area contributed by atoms with Crippen LogP contribution in [0.25, 0.3) is 0 Å². The van der Waals surface area contributed by atoms with Crippen LogP contribution in [0.1, 0.15) is 67.3 Å². The number of carbonyl (C=O) groups excluding carboxylic acids is 1. The number of amides is 1. The Balaban J connectivity index is 1.67. The molecule has 7 heteroatoms. The summed E-state index contributed by atoms with van der Waals surface area (Å²) in [6.07, 6.45) is 2.26. The van der Waals surface area contributed by atoms with Crippen molar-refractivity contribution < 1.29 is 13.8 Å². The van der Waals surface area contributed by atoms with Crippen LogP contribution in [-0.4, -0.2) is 39.2 Å². The van der Waals surface area contributed by atoms with E-state index < -0.39 is 0 Å². The van der Waals surface area contributed by atoms with Gasteiger partial charge in [0.15, 0.2) is 5.82 Å². The van der Waals surface area contributed by atoms with E-state index in [2.05, 4.69) is 15.3 Å². The molecule has 2 aromatic rings. The minimum absolute atomic E-state index is 0.0988. The van der Waals surface area contributed by atoms with Crippen molar-refractivity contribution in [3.8, 4) is 0 Å². The van der Waals surface area contributed by atoms with Gasteiger partial charge in [-0.2, -0.15) is 4.98 Å². The molecule has 0 spiro atoms. The molecule has 0 N–H and O–H groups in total. The quantitative estimate of drug-likeness (QED) is 0.856. The third-order valence-electron chi connectivity index (χ3n) is 4.60. The number of hydrogen-bond acceptors (Lipinski definition) is 6. The van der Waals surface area contributed by atoms with Crippen LogP contribution in [0.2, 0.25) is 0 Å². The molecule has 24 heavy (non-hydrogen) atoms. The predicted molar refractivity (Wildman–Crippen MR) is 86.6 cm³/mol. The molecule has 1 amide bonds. The van der Waals surface area contributed by atoms with E-state index in [0.717, 1.165) is 30.6 Å². The first kappa shape index (κ1) is 16.7. The fourth-order valence-electron chi connectivity index (χ4n) is 3.08. The zero-order valence-corrected chi connectivity index (χ0v) is 14.7. The third-order valence-corrected chi connectivity index (χ3v) is 4.60. The fourth-order valence-corrected chi connectivity index (χ4v) is 3.08. The van der Waals surface area contributed by atoms with Gasteiger partial charge in [0.25, 0.3) is 0 Å². The van der Waals surface area contributed by atoms with Gasteiger partial charge in [-0.05, 0) is 26.7 Å². The van der Waals surface area contributed by atoms with Crippen LogP contribution >= 0.6 is 0 Å². The maximum atomic E-state index is 12.7. The smallest absolute Gasteiger partial charge is 0.229 e. The highest BCUT2D eigenvalue weighted by Gasteiger charge is 2.29. The normalized spacial score (nSPS) is 18.4. The van der Waals surface area contributed by atoms with Crippen molar-refractivity contribution >= 4 is 5.91 Å². The Morgan fingerprint density at radius 3 is 2.71 bits per heavy atom. The lowest BCUT2D eigenvalue weighted by Crippen LogP contribution is -2.40. The van der Waals surface area contributed by atoms with E-state index in [-0.39, 0.29) is 17.7 Å². The van der Waals surface area contributed by atoms with Crippen molar-refractivity contribution in [3.05, 3.63) is 28.7 Å². The summed E-state index contributed by atoms with van der Waals surface area (Å²) in [4.78, 5) is 19.0. The zero-order valence-electron chi connectivity index (χ0n) is 14.7. The molecule has 130 valence electrons. The summed E-state index contributed by atoms with van der Waals surface area (Å²) >= 11 is 0. The van der Waals surface area contributed by atoms with Crippen LogP contribution in [0, 0.1) is 13.8 Å². The molecule has 2 aromatic heterocycles. The van der Waals surface area contributed by atoms with Crippen LogP contribution < -0.4 is 0 Å². The number of aryl methyl sites for hydroxylation is 2. The Hall–Kier alpha value is -2.18. The molecule has 3 rings (SSSR count). The van der Waals surface area contributed by atoms with Crippen molar-refractivity contribution in [2.24, 2.45) is 0 Å². The van der Waals surface area contributed by atoms with Gasteiger partial charge in [-0.1, -0.05) is 24.2 Å². The monoisotopic (exact) mass is 332 g/mol. The Bertz CT molecular complexity index is 700. The molecule has 0 radical (unpaired) electrons. The molecule has 7 nitrogen and oxygen atoms in total. The third kappa shape index (κ3) is 3.34. The van der Waals surface area contributed by atoms with Gasteiger partial charge in [0.2, 0.25) is 11.8 Å². The molecule has 0 aromatic carbocycles. The van der Waals surface area contributed by atoms with E-state index in [1.165, 1.54) is 0 Å². The molecule has 1 aliphatic heterocycles. The number of likely N-dealkylation sites (tertiary alicyclic amines) is 1. The minimum atomic E-state index is 0.0988. The van der Waals surface area contributed by atoms with Crippen molar-refractivity contribution in [2.75, 3.05) is 13.1 Å². The van der Waals surface area contributed by atoms with Crippen LogP contribution in [0.3, 0.4) is 0 Å². The van der Waals surface area contributed by atoms with Crippen molar-refractivity contribution in [1.29, 1.82) is 0 Å². The molecule has 1 aliphatic rings. The van der Waals surface area contributed by atoms with Crippen LogP contribution in [0.4, 0.5) is 0 Å². The maximum Gasteiger partial charge on any atom is 0.229 e. The SMILES string of the molecule is Cc1noc(C)c1CC(=O)N1CCCC(c2noc(C(C)C)n2)C1. The minimum Gasteiger partial charge on any atom is -0.361 e. The average Bonchev–Trinajstić information content (AvgIpc) is 3.18.